The topological polar surface area (TPSA) is 26.3 Å². The molecule has 4 atom stereocenters. The van der Waals surface area contributed by atoms with Crippen molar-refractivity contribution in [2.75, 3.05) is 6.61 Å². The summed E-state index contributed by atoms with van der Waals surface area (Å²) >= 11 is 0. The smallest absolute Gasteiger partial charge is 0.162 e. The third-order valence-corrected chi connectivity index (χ3v) is 4.62. The molecule has 0 radical (unpaired) electrons. The van der Waals surface area contributed by atoms with E-state index in [1.165, 1.54) is 25.7 Å². The summed E-state index contributed by atoms with van der Waals surface area (Å²) in [5, 5.41) is 0. The number of ketones is 1. The Bertz CT molecular complexity index is 272. The molecule has 2 nitrogen and oxygen atoms in total. The van der Waals surface area contributed by atoms with Gasteiger partial charge in [0.05, 0.1) is 0 Å². The SMILES string of the molecule is CCOC(C(=O)CC1CC2CCC1C2)C(C)C. The normalized spacial score (nSPS) is 33.3. The Morgan fingerprint density at radius 1 is 1.29 bits per heavy atom. The molecule has 2 fully saturated rings. The fraction of sp³-hybridized carbons (Fsp3) is 0.933. The van der Waals surface area contributed by atoms with Crippen molar-refractivity contribution in [3.05, 3.63) is 0 Å². The molecule has 0 amide bonds. The summed E-state index contributed by atoms with van der Waals surface area (Å²) in [6, 6.07) is 0. The quantitative estimate of drug-likeness (QED) is 0.708. The highest BCUT2D eigenvalue weighted by Crippen LogP contribution is 2.49. The first-order valence-electron chi connectivity index (χ1n) is 7.26. The average Bonchev–Trinajstić information content (AvgIpc) is 2.86. The number of carbonyl (C=O) groups is 1. The van der Waals surface area contributed by atoms with E-state index >= 15 is 0 Å². The maximum Gasteiger partial charge on any atom is 0.162 e. The molecule has 0 heterocycles. The van der Waals surface area contributed by atoms with Crippen molar-refractivity contribution in [1.29, 1.82) is 0 Å². The van der Waals surface area contributed by atoms with Gasteiger partial charge in [0.2, 0.25) is 0 Å². The van der Waals surface area contributed by atoms with Crippen LogP contribution < -0.4 is 0 Å². The van der Waals surface area contributed by atoms with Crippen LogP contribution in [-0.2, 0) is 9.53 Å². The molecule has 98 valence electrons. The summed E-state index contributed by atoms with van der Waals surface area (Å²) in [6.07, 6.45) is 6.06. The van der Waals surface area contributed by atoms with E-state index in [1.54, 1.807) is 0 Å². The van der Waals surface area contributed by atoms with E-state index in [9.17, 15) is 4.79 Å². The lowest BCUT2D eigenvalue weighted by atomic mass is 9.83. The first-order valence-corrected chi connectivity index (χ1v) is 7.26. The second kappa shape index (κ2) is 5.51. The Balaban J connectivity index is 1.87. The Labute approximate surface area is 105 Å². The van der Waals surface area contributed by atoms with E-state index in [4.69, 9.17) is 4.74 Å². The second-order valence-corrected chi connectivity index (χ2v) is 6.23. The van der Waals surface area contributed by atoms with Gasteiger partial charge in [-0.3, -0.25) is 4.79 Å². The molecule has 0 saturated heterocycles. The lowest BCUT2D eigenvalue weighted by Gasteiger charge is -2.25. The predicted octanol–water partition coefficient (Wildman–Crippen LogP) is 3.44. The summed E-state index contributed by atoms with van der Waals surface area (Å²) in [4.78, 5) is 12.3. The van der Waals surface area contributed by atoms with Gasteiger partial charge < -0.3 is 4.74 Å². The minimum atomic E-state index is -0.167. The van der Waals surface area contributed by atoms with Crippen LogP contribution in [0.15, 0.2) is 0 Å². The molecule has 2 bridgehead atoms. The monoisotopic (exact) mass is 238 g/mol. The maximum absolute atomic E-state index is 12.3. The van der Waals surface area contributed by atoms with Crippen LogP contribution in [0.3, 0.4) is 0 Å². The molecule has 0 aromatic heterocycles. The molecule has 2 saturated carbocycles. The van der Waals surface area contributed by atoms with Gasteiger partial charge in [-0.05, 0) is 49.9 Å². The zero-order chi connectivity index (χ0) is 12.4. The van der Waals surface area contributed by atoms with Gasteiger partial charge in [0, 0.05) is 13.0 Å². The predicted molar refractivity (Wildman–Crippen MR) is 68.8 cm³/mol. The summed E-state index contributed by atoms with van der Waals surface area (Å²) in [6.45, 7) is 6.78. The van der Waals surface area contributed by atoms with Gasteiger partial charge in [-0.1, -0.05) is 20.3 Å². The molecule has 17 heavy (non-hydrogen) atoms. The molecule has 2 aliphatic carbocycles. The zero-order valence-corrected chi connectivity index (χ0v) is 11.4. The van der Waals surface area contributed by atoms with E-state index < -0.39 is 0 Å². The number of hydrogen-bond acceptors (Lipinski definition) is 2. The molecule has 0 aromatic carbocycles. The van der Waals surface area contributed by atoms with Crippen molar-refractivity contribution < 1.29 is 9.53 Å². The number of rotatable bonds is 6. The molecule has 0 aliphatic heterocycles. The van der Waals surface area contributed by atoms with Crippen molar-refractivity contribution in [3.8, 4) is 0 Å². The van der Waals surface area contributed by atoms with E-state index in [1.807, 2.05) is 6.92 Å². The molecule has 4 unspecified atom stereocenters. The van der Waals surface area contributed by atoms with E-state index in [2.05, 4.69) is 13.8 Å². The number of hydrogen-bond donors (Lipinski definition) is 0. The van der Waals surface area contributed by atoms with Gasteiger partial charge >= 0.3 is 0 Å². The second-order valence-electron chi connectivity index (χ2n) is 6.23. The number of Topliss-reactive ketones (excluding diaryl/α,β-unsaturated/α-hetero) is 1. The van der Waals surface area contributed by atoms with E-state index in [0.29, 0.717) is 24.2 Å². The lowest BCUT2D eigenvalue weighted by molar-refractivity contribution is -0.134. The Hall–Kier alpha value is -0.370. The standard InChI is InChI=1S/C15H26O2/c1-4-17-15(10(2)3)14(16)9-13-8-11-5-6-12(13)7-11/h10-13,15H,4-9H2,1-3H3. The largest absolute Gasteiger partial charge is 0.370 e. The molecule has 2 aliphatic rings. The van der Waals surface area contributed by atoms with Crippen LogP contribution in [-0.4, -0.2) is 18.5 Å². The Morgan fingerprint density at radius 3 is 2.53 bits per heavy atom. The third-order valence-electron chi connectivity index (χ3n) is 4.62. The molecule has 0 N–H and O–H groups in total. The molecule has 2 rings (SSSR count). The Kier molecular flexibility index (Phi) is 4.24. The molecular weight excluding hydrogens is 212 g/mol. The van der Waals surface area contributed by atoms with Crippen LogP contribution in [0.25, 0.3) is 0 Å². The van der Waals surface area contributed by atoms with Crippen LogP contribution in [0, 0.1) is 23.7 Å². The highest BCUT2D eigenvalue weighted by atomic mass is 16.5. The zero-order valence-electron chi connectivity index (χ0n) is 11.4. The summed E-state index contributed by atoms with van der Waals surface area (Å²) < 4.78 is 5.61. The van der Waals surface area contributed by atoms with Gasteiger partial charge in [-0.2, -0.15) is 0 Å². The van der Waals surface area contributed by atoms with Crippen LogP contribution in [0.2, 0.25) is 0 Å². The van der Waals surface area contributed by atoms with Crippen LogP contribution in [0.4, 0.5) is 0 Å². The lowest BCUT2D eigenvalue weighted by Crippen LogP contribution is -2.32. The van der Waals surface area contributed by atoms with Gasteiger partial charge in [0.15, 0.2) is 5.78 Å². The highest BCUT2D eigenvalue weighted by molar-refractivity contribution is 5.83. The Morgan fingerprint density at radius 2 is 2.06 bits per heavy atom. The van der Waals surface area contributed by atoms with Gasteiger partial charge in [-0.25, -0.2) is 0 Å². The number of fused-ring (bicyclic) bond motifs is 2. The molecule has 2 heteroatoms. The summed E-state index contributed by atoms with van der Waals surface area (Å²) in [7, 11) is 0. The van der Waals surface area contributed by atoms with Crippen molar-refractivity contribution in [1.82, 2.24) is 0 Å². The third kappa shape index (κ3) is 2.90. The molecule has 0 aromatic rings. The highest BCUT2D eigenvalue weighted by Gasteiger charge is 2.41. The van der Waals surface area contributed by atoms with E-state index in [0.717, 1.165) is 18.3 Å². The van der Waals surface area contributed by atoms with Crippen molar-refractivity contribution in [2.24, 2.45) is 23.7 Å². The van der Waals surface area contributed by atoms with Gasteiger partial charge in [-0.15, -0.1) is 0 Å². The first-order chi connectivity index (χ1) is 8.11. The van der Waals surface area contributed by atoms with Gasteiger partial charge in [0.1, 0.15) is 6.10 Å². The van der Waals surface area contributed by atoms with Crippen molar-refractivity contribution in [3.63, 3.8) is 0 Å². The minimum Gasteiger partial charge on any atom is -0.370 e. The minimum absolute atomic E-state index is 0.167. The summed E-state index contributed by atoms with van der Waals surface area (Å²) in [5.41, 5.74) is 0. The average molecular weight is 238 g/mol. The fourth-order valence-electron chi connectivity index (χ4n) is 3.84. The fourth-order valence-corrected chi connectivity index (χ4v) is 3.84. The van der Waals surface area contributed by atoms with Crippen molar-refractivity contribution >= 4 is 5.78 Å². The number of carbonyl (C=O) groups excluding carboxylic acids is 1. The first kappa shape index (κ1) is 13.1. The van der Waals surface area contributed by atoms with E-state index in [-0.39, 0.29) is 6.10 Å². The van der Waals surface area contributed by atoms with Crippen molar-refractivity contribution in [2.45, 2.75) is 59.0 Å². The summed E-state index contributed by atoms with van der Waals surface area (Å²) in [5.74, 6) is 3.10. The molecular formula is C15H26O2. The van der Waals surface area contributed by atoms with Crippen LogP contribution >= 0.6 is 0 Å². The number of ether oxygens (including phenoxy) is 1. The van der Waals surface area contributed by atoms with Crippen LogP contribution in [0.5, 0.6) is 0 Å². The van der Waals surface area contributed by atoms with Gasteiger partial charge in [0.25, 0.3) is 0 Å². The molecule has 0 spiro atoms. The maximum atomic E-state index is 12.3. The van der Waals surface area contributed by atoms with Crippen LogP contribution in [0.1, 0.15) is 52.9 Å².